The van der Waals surface area contributed by atoms with Crippen LogP contribution in [0.1, 0.15) is 37.3 Å². The van der Waals surface area contributed by atoms with E-state index in [9.17, 15) is 4.79 Å². The van der Waals surface area contributed by atoms with Gasteiger partial charge in [-0.3, -0.25) is 4.79 Å². The number of fused-ring (bicyclic) bond motifs is 1. The van der Waals surface area contributed by atoms with Crippen LogP contribution in [0, 0.1) is 0 Å². The first-order valence-electron chi connectivity index (χ1n) is 10.8. The van der Waals surface area contributed by atoms with E-state index in [4.69, 9.17) is 4.74 Å². The number of hydrogen-bond donors (Lipinski definition) is 0. The zero-order chi connectivity index (χ0) is 20.8. The Labute approximate surface area is 184 Å². The molecule has 1 amide bonds. The quantitative estimate of drug-likeness (QED) is 0.628. The van der Waals surface area contributed by atoms with Crippen LogP contribution in [0.5, 0.6) is 0 Å². The maximum atomic E-state index is 13.5. The van der Waals surface area contributed by atoms with Crippen LogP contribution in [0.25, 0.3) is 10.6 Å². The molecular weight excluding hydrogens is 410 g/mol. The molecular formula is C23H23N5O2S. The fourth-order valence-electron chi connectivity index (χ4n) is 5.08. The summed E-state index contributed by atoms with van der Waals surface area (Å²) >= 11 is 1.57. The summed E-state index contributed by atoms with van der Waals surface area (Å²) in [7, 11) is 0. The van der Waals surface area contributed by atoms with Gasteiger partial charge >= 0.3 is 0 Å². The van der Waals surface area contributed by atoms with Crippen molar-refractivity contribution in [3.05, 3.63) is 59.9 Å². The average Bonchev–Trinajstić information content (AvgIpc) is 3.55. The van der Waals surface area contributed by atoms with Crippen LogP contribution in [0.15, 0.2) is 54.3 Å². The summed E-state index contributed by atoms with van der Waals surface area (Å²) in [6, 6.07) is 10.4. The molecule has 3 aliphatic heterocycles. The molecule has 0 N–H and O–H groups in total. The highest BCUT2D eigenvalue weighted by molar-refractivity contribution is 7.13. The minimum Gasteiger partial charge on any atom is -0.342 e. The summed E-state index contributed by atoms with van der Waals surface area (Å²) in [4.78, 5) is 31.1. The lowest BCUT2D eigenvalue weighted by Crippen LogP contribution is -2.50. The standard InChI is InChI=1S/C23H23N5O2S/c29-21-23(30-19-7-6-18(28(19)21)16-4-2-1-3-5-16)8-11-27(12-9-23)22-25-14-17(15-26-22)20-24-10-13-31-20/h1-5,10,13-15,18-19H,6-9,11-12H2/t18?,19-/m1/s1. The number of aromatic nitrogens is 3. The van der Waals surface area contributed by atoms with Gasteiger partial charge in [0.15, 0.2) is 5.60 Å². The molecule has 1 spiro atoms. The van der Waals surface area contributed by atoms with Crippen molar-refractivity contribution in [2.45, 2.75) is 43.6 Å². The third kappa shape index (κ3) is 3.13. The molecule has 8 heteroatoms. The van der Waals surface area contributed by atoms with Gasteiger partial charge < -0.3 is 14.5 Å². The van der Waals surface area contributed by atoms with Crippen molar-refractivity contribution in [3.63, 3.8) is 0 Å². The Kier molecular flexibility index (Phi) is 4.50. The molecule has 1 aromatic carbocycles. The fraction of sp³-hybridized carbons (Fsp3) is 0.391. The van der Waals surface area contributed by atoms with E-state index in [0.717, 1.165) is 23.4 Å². The van der Waals surface area contributed by atoms with Crippen LogP contribution in [0.4, 0.5) is 5.95 Å². The Balaban J connectivity index is 1.16. The van der Waals surface area contributed by atoms with Gasteiger partial charge in [-0.25, -0.2) is 15.0 Å². The van der Waals surface area contributed by atoms with Crippen molar-refractivity contribution < 1.29 is 9.53 Å². The molecule has 3 fully saturated rings. The fourth-order valence-corrected chi connectivity index (χ4v) is 5.69. The van der Waals surface area contributed by atoms with Crippen LogP contribution in [0.3, 0.4) is 0 Å². The normalized spacial score (nSPS) is 24.7. The second-order valence-corrected chi connectivity index (χ2v) is 9.27. The first-order chi connectivity index (χ1) is 15.2. The molecule has 3 aromatic rings. The van der Waals surface area contributed by atoms with Gasteiger partial charge in [0.1, 0.15) is 11.2 Å². The summed E-state index contributed by atoms with van der Waals surface area (Å²) < 4.78 is 6.43. The van der Waals surface area contributed by atoms with Gasteiger partial charge in [-0.1, -0.05) is 30.3 Å². The van der Waals surface area contributed by atoms with Gasteiger partial charge in [0.2, 0.25) is 5.95 Å². The first-order valence-corrected chi connectivity index (χ1v) is 11.6. The van der Waals surface area contributed by atoms with Gasteiger partial charge in [-0.2, -0.15) is 0 Å². The van der Waals surface area contributed by atoms with E-state index in [2.05, 4.69) is 32.0 Å². The van der Waals surface area contributed by atoms with E-state index in [1.54, 1.807) is 17.5 Å². The Hall–Kier alpha value is -2.84. The summed E-state index contributed by atoms with van der Waals surface area (Å²) in [5.74, 6) is 0.854. The highest BCUT2D eigenvalue weighted by atomic mass is 32.1. The van der Waals surface area contributed by atoms with Gasteiger partial charge in [0, 0.05) is 55.5 Å². The molecule has 0 radical (unpaired) electrons. The average molecular weight is 434 g/mol. The zero-order valence-electron chi connectivity index (χ0n) is 17.1. The first kappa shape index (κ1) is 18.9. The molecule has 0 aliphatic carbocycles. The number of rotatable bonds is 3. The summed E-state index contributed by atoms with van der Waals surface area (Å²) in [5.41, 5.74) is 1.43. The zero-order valence-corrected chi connectivity index (χ0v) is 17.9. The van der Waals surface area contributed by atoms with Crippen LogP contribution in [-0.2, 0) is 9.53 Å². The molecule has 2 atom stereocenters. The maximum absolute atomic E-state index is 13.5. The molecule has 0 saturated carbocycles. The summed E-state index contributed by atoms with van der Waals surface area (Å²) in [6.07, 6.45) is 8.52. The predicted molar refractivity (Wildman–Crippen MR) is 117 cm³/mol. The molecule has 2 aromatic heterocycles. The van der Waals surface area contributed by atoms with Gasteiger partial charge in [-0.05, 0) is 18.4 Å². The number of carbonyl (C=O) groups excluding carboxylic acids is 1. The largest absolute Gasteiger partial charge is 0.342 e. The number of benzene rings is 1. The molecule has 5 heterocycles. The molecule has 6 rings (SSSR count). The van der Waals surface area contributed by atoms with Crippen LogP contribution >= 0.6 is 11.3 Å². The number of ether oxygens (including phenoxy) is 1. The topological polar surface area (TPSA) is 71.5 Å². The van der Waals surface area contributed by atoms with Crippen molar-refractivity contribution in [2.75, 3.05) is 18.0 Å². The SMILES string of the molecule is O=C1N2C(c3ccccc3)CC[C@H]2OC12CCN(c1ncc(-c3nccs3)cn1)CC2. The minimum absolute atomic E-state index is 0.0990. The highest BCUT2D eigenvalue weighted by Gasteiger charge is 2.58. The lowest BCUT2D eigenvalue weighted by Gasteiger charge is -2.37. The Morgan fingerprint density at radius 3 is 2.52 bits per heavy atom. The molecule has 158 valence electrons. The number of anilines is 1. The van der Waals surface area contributed by atoms with Crippen molar-refractivity contribution in [3.8, 4) is 10.6 Å². The summed E-state index contributed by atoms with van der Waals surface area (Å²) in [6.45, 7) is 1.41. The van der Waals surface area contributed by atoms with Crippen molar-refractivity contribution in [1.29, 1.82) is 0 Å². The molecule has 31 heavy (non-hydrogen) atoms. The van der Waals surface area contributed by atoms with Crippen LogP contribution in [0.2, 0.25) is 0 Å². The van der Waals surface area contributed by atoms with E-state index in [1.807, 2.05) is 40.9 Å². The molecule has 3 saturated heterocycles. The van der Waals surface area contributed by atoms with E-state index < -0.39 is 5.60 Å². The smallest absolute Gasteiger partial charge is 0.257 e. The Bertz CT molecular complexity index is 1070. The minimum atomic E-state index is -0.699. The third-order valence-electron chi connectivity index (χ3n) is 6.67. The molecule has 3 aliphatic rings. The number of thiazole rings is 1. The number of carbonyl (C=O) groups is 1. The maximum Gasteiger partial charge on any atom is 0.257 e. The predicted octanol–water partition coefficient (Wildman–Crippen LogP) is 3.66. The van der Waals surface area contributed by atoms with Gasteiger partial charge in [0.25, 0.3) is 5.91 Å². The van der Waals surface area contributed by atoms with Crippen molar-refractivity contribution >= 4 is 23.2 Å². The van der Waals surface area contributed by atoms with Gasteiger partial charge in [-0.15, -0.1) is 11.3 Å². The summed E-state index contributed by atoms with van der Waals surface area (Å²) in [5, 5.41) is 2.86. The Morgan fingerprint density at radius 1 is 1.03 bits per heavy atom. The monoisotopic (exact) mass is 433 g/mol. The number of piperidine rings is 1. The van der Waals surface area contributed by atoms with E-state index in [1.165, 1.54) is 5.56 Å². The van der Waals surface area contributed by atoms with Crippen LogP contribution < -0.4 is 4.90 Å². The molecule has 0 bridgehead atoms. The second-order valence-electron chi connectivity index (χ2n) is 8.38. The Morgan fingerprint density at radius 2 is 1.81 bits per heavy atom. The highest BCUT2D eigenvalue weighted by Crippen LogP contribution is 2.47. The van der Waals surface area contributed by atoms with E-state index >= 15 is 0 Å². The third-order valence-corrected chi connectivity index (χ3v) is 7.50. The van der Waals surface area contributed by atoms with E-state index in [-0.39, 0.29) is 18.2 Å². The van der Waals surface area contributed by atoms with Gasteiger partial charge in [0.05, 0.1) is 6.04 Å². The second kappa shape index (κ2) is 7.39. The number of nitrogens with zero attached hydrogens (tertiary/aromatic N) is 5. The molecule has 1 unspecified atom stereocenters. The number of hydrogen-bond acceptors (Lipinski definition) is 7. The lowest BCUT2D eigenvalue weighted by atomic mass is 9.89. The van der Waals surface area contributed by atoms with Crippen molar-refractivity contribution in [1.82, 2.24) is 19.9 Å². The number of amides is 1. The molecule has 7 nitrogen and oxygen atoms in total. The lowest BCUT2D eigenvalue weighted by molar-refractivity contribution is -0.140. The van der Waals surface area contributed by atoms with E-state index in [0.29, 0.717) is 31.9 Å². The van der Waals surface area contributed by atoms with Crippen LogP contribution in [-0.4, -0.2) is 50.7 Å². The van der Waals surface area contributed by atoms with Crippen molar-refractivity contribution in [2.24, 2.45) is 0 Å².